The third-order valence-corrected chi connectivity index (χ3v) is 5.19. The fourth-order valence-electron chi connectivity index (χ4n) is 3.77. The molecule has 25 heavy (non-hydrogen) atoms. The van der Waals surface area contributed by atoms with Crippen molar-refractivity contribution in [3.63, 3.8) is 0 Å². The second-order valence-corrected chi connectivity index (χ2v) is 7.06. The molecule has 3 N–H and O–H groups in total. The van der Waals surface area contributed by atoms with Crippen molar-refractivity contribution in [3.8, 4) is 0 Å². The highest BCUT2D eigenvalue weighted by atomic mass is 16.2. The summed E-state index contributed by atoms with van der Waals surface area (Å²) in [4.78, 5) is 19.6. The maximum atomic E-state index is 12.6. The van der Waals surface area contributed by atoms with Crippen LogP contribution in [0.5, 0.6) is 0 Å². The number of amides is 1. The van der Waals surface area contributed by atoms with E-state index in [4.69, 9.17) is 0 Å². The van der Waals surface area contributed by atoms with Crippen LogP contribution in [-0.2, 0) is 0 Å². The minimum Gasteiger partial charge on any atom is -0.357 e. The molecule has 0 radical (unpaired) electrons. The molecule has 134 valence electrons. The molecule has 4 rings (SSSR count). The molecule has 7 heteroatoms. The highest BCUT2D eigenvalue weighted by Crippen LogP contribution is 2.22. The Morgan fingerprint density at radius 2 is 2.00 bits per heavy atom. The highest BCUT2D eigenvalue weighted by Gasteiger charge is 2.20. The van der Waals surface area contributed by atoms with E-state index in [1.165, 1.54) is 25.7 Å². The molecular formula is C18H26N6O. The van der Waals surface area contributed by atoms with E-state index >= 15 is 0 Å². The summed E-state index contributed by atoms with van der Waals surface area (Å²) in [6, 6.07) is 4.17. The maximum absolute atomic E-state index is 12.6. The second kappa shape index (κ2) is 7.39. The smallest absolute Gasteiger partial charge is 0.270 e. The average molecular weight is 342 g/mol. The molecule has 4 heterocycles. The van der Waals surface area contributed by atoms with Crippen molar-refractivity contribution in [2.75, 3.05) is 31.1 Å². The minimum atomic E-state index is -0.0967. The van der Waals surface area contributed by atoms with Crippen molar-refractivity contribution in [3.05, 3.63) is 17.8 Å². The fraction of sp³-hybridized carbons (Fsp3) is 0.611. The summed E-state index contributed by atoms with van der Waals surface area (Å²) >= 11 is 0. The van der Waals surface area contributed by atoms with E-state index in [9.17, 15) is 4.79 Å². The molecule has 0 aliphatic carbocycles. The van der Waals surface area contributed by atoms with Crippen LogP contribution >= 0.6 is 0 Å². The normalized spacial score (nSPS) is 21.9. The Hall–Kier alpha value is -2.15. The Kier molecular flexibility index (Phi) is 4.83. The highest BCUT2D eigenvalue weighted by molar-refractivity contribution is 6.04. The summed E-state index contributed by atoms with van der Waals surface area (Å²) in [5.41, 5.74) is 1.13. The predicted octanol–water partition coefficient (Wildman–Crippen LogP) is 1.82. The molecule has 0 bridgehead atoms. The summed E-state index contributed by atoms with van der Waals surface area (Å²) in [7, 11) is 0. The van der Waals surface area contributed by atoms with Gasteiger partial charge in [-0.2, -0.15) is 5.10 Å². The average Bonchev–Trinajstić information content (AvgIpc) is 2.87. The number of fused-ring (bicyclic) bond motifs is 1. The first-order valence-electron chi connectivity index (χ1n) is 9.43. The van der Waals surface area contributed by atoms with Gasteiger partial charge in [-0.15, -0.1) is 0 Å². The van der Waals surface area contributed by atoms with Gasteiger partial charge in [0, 0.05) is 25.7 Å². The first-order chi connectivity index (χ1) is 12.3. The van der Waals surface area contributed by atoms with Crippen molar-refractivity contribution < 1.29 is 4.79 Å². The lowest BCUT2D eigenvalue weighted by molar-refractivity contribution is 0.0927. The molecule has 1 amide bonds. The Labute approximate surface area is 147 Å². The second-order valence-electron chi connectivity index (χ2n) is 7.06. The van der Waals surface area contributed by atoms with Crippen molar-refractivity contribution >= 4 is 22.8 Å². The number of pyridine rings is 1. The van der Waals surface area contributed by atoms with Crippen LogP contribution in [0.3, 0.4) is 0 Å². The third kappa shape index (κ3) is 3.61. The quantitative estimate of drug-likeness (QED) is 0.792. The molecule has 7 nitrogen and oxygen atoms in total. The van der Waals surface area contributed by atoms with E-state index in [2.05, 4.69) is 30.7 Å². The van der Waals surface area contributed by atoms with Crippen molar-refractivity contribution in [2.24, 2.45) is 0 Å². The van der Waals surface area contributed by atoms with Crippen LogP contribution in [0.4, 0.5) is 5.82 Å². The van der Waals surface area contributed by atoms with Crippen LogP contribution in [0.25, 0.3) is 11.0 Å². The number of aromatic nitrogens is 3. The van der Waals surface area contributed by atoms with E-state index < -0.39 is 0 Å². The molecule has 2 aliphatic rings. The lowest BCUT2D eigenvalue weighted by atomic mass is 10.1. The van der Waals surface area contributed by atoms with Gasteiger partial charge in [0.05, 0.1) is 5.39 Å². The zero-order valence-electron chi connectivity index (χ0n) is 14.6. The number of piperidine rings is 1. The summed E-state index contributed by atoms with van der Waals surface area (Å²) in [6.07, 6.45) is 7.12. The molecule has 2 fully saturated rings. The van der Waals surface area contributed by atoms with Gasteiger partial charge in [0.1, 0.15) is 11.5 Å². The Bertz CT molecular complexity index is 728. The number of H-pyrrole nitrogens is 1. The minimum absolute atomic E-state index is 0.0967. The Balaban J connectivity index is 1.52. The molecule has 1 unspecified atom stereocenters. The van der Waals surface area contributed by atoms with Crippen LogP contribution in [0.2, 0.25) is 0 Å². The number of hydrogen-bond donors (Lipinski definition) is 3. The number of nitrogens with zero attached hydrogens (tertiary/aromatic N) is 3. The Morgan fingerprint density at radius 3 is 2.76 bits per heavy atom. The zero-order valence-corrected chi connectivity index (χ0v) is 14.6. The maximum Gasteiger partial charge on any atom is 0.270 e. The Morgan fingerprint density at radius 1 is 1.16 bits per heavy atom. The lowest BCUT2D eigenvalue weighted by Crippen LogP contribution is -2.45. The fourth-order valence-corrected chi connectivity index (χ4v) is 3.77. The van der Waals surface area contributed by atoms with Crippen molar-refractivity contribution in [1.82, 2.24) is 25.8 Å². The number of carbonyl (C=O) groups excluding carboxylic acids is 1. The van der Waals surface area contributed by atoms with Gasteiger partial charge in [0.15, 0.2) is 5.65 Å². The van der Waals surface area contributed by atoms with Gasteiger partial charge in [0.2, 0.25) is 0 Å². The number of nitrogens with one attached hydrogen (secondary N) is 3. The number of aromatic amines is 1. The molecule has 0 saturated carbocycles. The van der Waals surface area contributed by atoms with Crippen LogP contribution < -0.4 is 15.5 Å². The van der Waals surface area contributed by atoms with Crippen molar-refractivity contribution in [2.45, 2.75) is 44.6 Å². The zero-order chi connectivity index (χ0) is 17.1. The summed E-state index contributed by atoms with van der Waals surface area (Å²) in [5, 5.41) is 14.3. The lowest BCUT2D eigenvalue weighted by Gasteiger charge is -2.23. The van der Waals surface area contributed by atoms with Gasteiger partial charge in [-0.25, -0.2) is 4.98 Å². The van der Waals surface area contributed by atoms with Gasteiger partial charge in [-0.3, -0.25) is 9.89 Å². The predicted molar refractivity (Wildman–Crippen MR) is 97.9 cm³/mol. The molecular weight excluding hydrogens is 316 g/mol. The van der Waals surface area contributed by atoms with Crippen LogP contribution in [0.1, 0.15) is 49.0 Å². The van der Waals surface area contributed by atoms with Gasteiger partial charge >= 0.3 is 0 Å². The van der Waals surface area contributed by atoms with E-state index in [1.54, 1.807) is 0 Å². The van der Waals surface area contributed by atoms with Crippen LogP contribution in [0, 0.1) is 0 Å². The first-order valence-corrected chi connectivity index (χ1v) is 9.43. The van der Waals surface area contributed by atoms with Crippen molar-refractivity contribution in [1.29, 1.82) is 0 Å². The summed E-state index contributed by atoms with van der Waals surface area (Å²) < 4.78 is 0. The number of anilines is 1. The van der Waals surface area contributed by atoms with Crippen LogP contribution in [0.15, 0.2) is 12.1 Å². The molecule has 2 aromatic rings. The van der Waals surface area contributed by atoms with Gasteiger partial charge in [-0.05, 0) is 44.4 Å². The SMILES string of the molecule is O=C(NC1CCCNC1)c1[nH]nc2nc(N3CCCCCC3)ccc12. The van der Waals surface area contributed by atoms with Gasteiger partial charge < -0.3 is 15.5 Å². The molecule has 0 spiro atoms. The van der Waals surface area contributed by atoms with E-state index in [-0.39, 0.29) is 11.9 Å². The van der Waals surface area contributed by atoms with Gasteiger partial charge in [0.25, 0.3) is 5.91 Å². The van der Waals surface area contributed by atoms with E-state index in [0.29, 0.717) is 11.3 Å². The third-order valence-electron chi connectivity index (χ3n) is 5.19. The van der Waals surface area contributed by atoms with E-state index in [1.807, 2.05) is 12.1 Å². The monoisotopic (exact) mass is 342 g/mol. The molecule has 2 aromatic heterocycles. The van der Waals surface area contributed by atoms with Crippen LogP contribution in [-0.4, -0.2) is 53.3 Å². The number of hydrogen-bond acceptors (Lipinski definition) is 5. The standard InChI is InChI=1S/C18H26N6O/c25-18(20-13-6-5-9-19-12-13)16-14-7-8-15(21-17(14)23-22-16)24-10-3-1-2-4-11-24/h7-8,13,19H,1-6,9-12H2,(H,20,25)(H,21,22,23). The topological polar surface area (TPSA) is 85.9 Å². The molecule has 0 aromatic carbocycles. The summed E-state index contributed by atoms with van der Waals surface area (Å²) in [6.45, 7) is 3.95. The largest absolute Gasteiger partial charge is 0.357 e. The van der Waals surface area contributed by atoms with E-state index in [0.717, 1.165) is 50.2 Å². The molecule has 1 atom stereocenters. The molecule has 2 saturated heterocycles. The summed E-state index contributed by atoms with van der Waals surface area (Å²) in [5.74, 6) is 0.866. The first kappa shape index (κ1) is 16.3. The number of carbonyl (C=O) groups is 1. The van der Waals surface area contributed by atoms with Gasteiger partial charge in [-0.1, -0.05) is 12.8 Å². The number of rotatable bonds is 3. The molecule has 2 aliphatic heterocycles.